The van der Waals surface area contributed by atoms with Gasteiger partial charge in [0.05, 0.1) is 11.5 Å². The highest BCUT2D eigenvalue weighted by Gasteiger charge is 2.06. The molecule has 1 rings (SSSR count). The van der Waals surface area contributed by atoms with E-state index in [-0.39, 0.29) is 0 Å². The van der Waals surface area contributed by atoms with Crippen LogP contribution in [0.4, 0.5) is 0 Å². The van der Waals surface area contributed by atoms with Gasteiger partial charge < -0.3 is 10.1 Å². The second-order valence-corrected chi connectivity index (χ2v) is 6.57. The SMILES string of the molecule is CC(C)NCCCOc1ccc(S(C)(=O)=O)cc1. The molecule has 0 spiro atoms. The van der Waals surface area contributed by atoms with Gasteiger partial charge in [0.25, 0.3) is 0 Å². The molecule has 0 aromatic heterocycles. The fraction of sp³-hybridized carbons (Fsp3) is 0.538. The molecule has 0 amide bonds. The summed E-state index contributed by atoms with van der Waals surface area (Å²) in [6.07, 6.45) is 2.12. The van der Waals surface area contributed by atoms with Crippen molar-refractivity contribution in [1.82, 2.24) is 5.32 Å². The second-order valence-electron chi connectivity index (χ2n) is 4.55. The Labute approximate surface area is 109 Å². The fourth-order valence-corrected chi connectivity index (χ4v) is 2.07. The van der Waals surface area contributed by atoms with E-state index in [0.29, 0.717) is 23.3 Å². The lowest BCUT2D eigenvalue weighted by atomic mass is 10.3. The van der Waals surface area contributed by atoms with E-state index in [1.165, 1.54) is 6.26 Å². The average Bonchev–Trinajstić information content (AvgIpc) is 2.27. The topological polar surface area (TPSA) is 55.4 Å². The van der Waals surface area contributed by atoms with Gasteiger partial charge in [-0.15, -0.1) is 0 Å². The molecule has 0 saturated carbocycles. The number of nitrogens with one attached hydrogen (secondary N) is 1. The van der Waals surface area contributed by atoms with Crippen molar-refractivity contribution in [3.05, 3.63) is 24.3 Å². The van der Waals surface area contributed by atoms with Gasteiger partial charge in [0.2, 0.25) is 0 Å². The maximum absolute atomic E-state index is 11.3. The minimum absolute atomic E-state index is 0.316. The van der Waals surface area contributed by atoms with Crippen molar-refractivity contribution < 1.29 is 13.2 Å². The van der Waals surface area contributed by atoms with Crippen molar-refractivity contribution in [3.8, 4) is 5.75 Å². The van der Waals surface area contributed by atoms with Gasteiger partial charge in [0.15, 0.2) is 9.84 Å². The van der Waals surface area contributed by atoms with Crippen LogP contribution in [0.1, 0.15) is 20.3 Å². The summed E-state index contributed by atoms with van der Waals surface area (Å²) in [5, 5.41) is 3.30. The minimum Gasteiger partial charge on any atom is -0.494 e. The highest BCUT2D eigenvalue weighted by molar-refractivity contribution is 7.90. The molecule has 5 heteroatoms. The monoisotopic (exact) mass is 271 g/mol. The number of sulfone groups is 1. The smallest absolute Gasteiger partial charge is 0.175 e. The van der Waals surface area contributed by atoms with E-state index in [1.807, 2.05) is 0 Å². The van der Waals surface area contributed by atoms with Crippen LogP contribution >= 0.6 is 0 Å². The van der Waals surface area contributed by atoms with E-state index in [9.17, 15) is 8.42 Å². The fourth-order valence-electron chi connectivity index (χ4n) is 1.44. The predicted octanol–water partition coefficient (Wildman–Crippen LogP) is 1.86. The third-order valence-electron chi connectivity index (χ3n) is 2.39. The van der Waals surface area contributed by atoms with Crippen LogP contribution in [0.5, 0.6) is 5.75 Å². The Hall–Kier alpha value is -1.07. The first-order valence-corrected chi connectivity index (χ1v) is 7.95. The third-order valence-corrected chi connectivity index (χ3v) is 3.52. The van der Waals surface area contributed by atoms with E-state index in [0.717, 1.165) is 13.0 Å². The molecule has 0 fully saturated rings. The van der Waals surface area contributed by atoms with Gasteiger partial charge in [0, 0.05) is 12.3 Å². The molecule has 0 aliphatic rings. The molecule has 0 aliphatic heterocycles. The number of hydrogen-bond donors (Lipinski definition) is 1. The van der Waals surface area contributed by atoms with Crippen molar-refractivity contribution in [2.75, 3.05) is 19.4 Å². The van der Waals surface area contributed by atoms with E-state index >= 15 is 0 Å². The molecule has 1 aromatic carbocycles. The molecule has 0 atom stereocenters. The summed E-state index contributed by atoms with van der Waals surface area (Å²) >= 11 is 0. The maximum Gasteiger partial charge on any atom is 0.175 e. The van der Waals surface area contributed by atoms with Gasteiger partial charge in [-0.05, 0) is 37.2 Å². The second kappa shape index (κ2) is 6.75. The van der Waals surface area contributed by atoms with Crippen LogP contribution in [-0.4, -0.2) is 33.9 Å². The lowest BCUT2D eigenvalue weighted by Crippen LogP contribution is -2.24. The minimum atomic E-state index is -3.12. The highest BCUT2D eigenvalue weighted by Crippen LogP contribution is 2.15. The quantitative estimate of drug-likeness (QED) is 0.769. The van der Waals surface area contributed by atoms with Crippen molar-refractivity contribution in [2.24, 2.45) is 0 Å². The average molecular weight is 271 g/mol. The van der Waals surface area contributed by atoms with Crippen LogP contribution in [0.3, 0.4) is 0 Å². The molecule has 102 valence electrons. The Kier molecular flexibility index (Phi) is 5.62. The van der Waals surface area contributed by atoms with Gasteiger partial charge in [-0.1, -0.05) is 13.8 Å². The van der Waals surface area contributed by atoms with Gasteiger partial charge >= 0.3 is 0 Å². The molecule has 0 bridgehead atoms. The molecule has 0 unspecified atom stereocenters. The van der Waals surface area contributed by atoms with Gasteiger partial charge in [-0.2, -0.15) is 0 Å². The maximum atomic E-state index is 11.3. The number of hydrogen-bond acceptors (Lipinski definition) is 4. The summed E-state index contributed by atoms with van der Waals surface area (Å²) in [7, 11) is -3.12. The summed E-state index contributed by atoms with van der Waals surface area (Å²) < 4.78 is 28.0. The molecule has 0 heterocycles. The van der Waals surface area contributed by atoms with E-state index in [2.05, 4.69) is 19.2 Å². The van der Waals surface area contributed by atoms with Gasteiger partial charge in [-0.3, -0.25) is 0 Å². The molecular formula is C13H21NO3S. The molecule has 0 radical (unpaired) electrons. The van der Waals surface area contributed by atoms with Crippen molar-refractivity contribution in [2.45, 2.75) is 31.2 Å². The predicted molar refractivity (Wildman–Crippen MR) is 72.8 cm³/mol. The van der Waals surface area contributed by atoms with Gasteiger partial charge in [-0.25, -0.2) is 8.42 Å². The summed E-state index contributed by atoms with van der Waals surface area (Å²) in [5.41, 5.74) is 0. The zero-order valence-electron chi connectivity index (χ0n) is 11.1. The Bertz CT molecular complexity index is 452. The first-order valence-electron chi connectivity index (χ1n) is 6.06. The largest absolute Gasteiger partial charge is 0.494 e. The van der Waals surface area contributed by atoms with E-state index in [4.69, 9.17) is 4.74 Å². The van der Waals surface area contributed by atoms with Crippen molar-refractivity contribution in [3.63, 3.8) is 0 Å². The number of ether oxygens (including phenoxy) is 1. The Morgan fingerprint density at radius 3 is 2.33 bits per heavy atom. The van der Waals surface area contributed by atoms with Crippen LogP contribution in [0.2, 0.25) is 0 Å². The lowest BCUT2D eigenvalue weighted by molar-refractivity contribution is 0.306. The van der Waals surface area contributed by atoms with Crippen molar-refractivity contribution in [1.29, 1.82) is 0 Å². The summed E-state index contributed by atoms with van der Waals surface area (Å²) in [6, 6.07) is 6.99. The Balaban J connectivity index is 2.36. The molecule has 0 saturated heterocycles. The summed E-state index contributed by atoms with van der Waals surface area (Å²) in [6.45, 7) is 5.74. The van der Waals surface area contributed by atoms with Crippen molar-refractivity contribution >= 4 is 9.84 Å². The lowest BCUT2D eigenvalue weighted by Gasteiger charge is -2.09. The van der Waals surface area contributed by atoms with E-state index in [1.54, 1.807) is 24.3 Å². The summed E-state index contributed by atoms with van der Waals surface area (Å²) in [4.78, 5) is 0.316. The molecule has 1 N–H and O–H groups in total. The first-order chi connectivity index (χ1) is 8.39. The Morgan fingerprint density at radius 1 is 1.22 bits per heavy atom. The van der Waals surface area contributed by atoms with Crippen LogP contribution in [-0.2, 0) is 9.84 Å². The zero-order valence-corrected chi connectivity index (χ0v) is 12.0. The number of benzene rings is 1. The standard InChI is InChI=1S/C13H21NO3S/c1-11(2)14-9-4-10-17-12-5-7-13(8-6-12)18(3,15)16/h5-8,11,14H,4,9-10H2,1-3H3. The van der Waals surface area contributed by atoms with E-state index < -0.39 is 9.84 Å². The molecular weight excluding hydrogens is 250 g/mol. The third kappa shape index (κ3) is 5.51. The van der Waals surface area contributed by atoms with Crippen LogP contribution in [0.15, 0.2) is 29.2 Å². The van der Waals surface area contributed by atoms with Crippen LogP contribution < -0.4 is 10.1 Å². The normalized spacial score (nSPS) is 11.8. The zero-order chi connectivity index (χ0) is 13.6. The Morgan fingerprint density at radius 2 is 1.83 bits per heavy atom. The van der Waals surface area contributed by atoms with Crippen LogP contribution in [0, 0.1) is 0 Å². The van der Waals surface area contributed by atoms with Gasteiger partial charge in [0.1, 0.15) is 5.75 Å². The highest BCUT2D eigenvalue weighted by atomic mass is 32.2. The first kappa shape index (κ1) is 15.0. The molecule has 1 aromatic rings. The molecule has 4 nitrogen and oxygen atoms in total. The summed E-state index contributed by atoms with van der Waals surface area (Å²) in [5.74, 6) is 0.701. The van der Waals surface area contributed by atoms with Crippen LogP contribution in [0.25, 0.3) is 0 Å². The molecule has 0 aliphatic carbocycles. The molecule has 18 heavy (non-hydrogen) atoms. The number of rotatable bonds is 7.